The lowest BCUT2D eigenvalue weighted by molar-refractivity contribution is 0.313. The van der Waals surface area contributed by atoms with Crippen LogP contribution < -0.4 is 15.8 Å². The van der Waals surface area contributed by atoms with Crippen LogP contribution in [0.5, 0.6) is 0 Å². The predicted molar refractivity (Wildman–Crippen MR) is 158 cm³/mol. The number of aromatic nitrogens is 3. The third-order valence-corrected chi connectivity index (χ3v) is 8.30. The number of hydrogen-bond acceptors (Lipinski definition) is 8. The Labute approximate surface area is 226 Å². The van der Waals surface area contributed by atoms with Gasteiger partial charge < -0.3 is 15.1 Å². The molecule has 194 valence electrons. The number of thiophene rings is 1. The Hall–Kier alpha value is -3.82. The van der Waals surface area contributed by atoms with Crippen molar-refractivity contribution >= 4 is 51.1 Å². The standard InChI is InChI=1S/C29H31N7OS/c1-4-36-27-20(17-23(28(36)37)25-11-12-26(38-25)24-10-5-19(2)31-24)18-30-29(33-27)32-21-6-8-22(9-7-21)35-15-13-34(3)14-16-35/h6-12,17-18H,4-5,13-16H2,1-3H3,(H,30,32,33). The van der Waals surface area contributed by atoms with E-state index in [1.165, 1.54) is 5.69 Å². The minimum atomic E-state index is -0.0466. The van der Waals surface area contributed by atoms with Gasteiger partial charge in [0.05, 0.1) is 16.1 Å². The van der Waals surface area contributed by atoms with Crippen LogP contribution in [-0.2, 0) is 6.54 Å². The molecule has 38 heavy (non-hydrogen) atoms. The number of nitrogens with one attached hydrogen (secondary N) is 1. The molecule has 3 aromatic heterocycles. The molecule has 1 saturated heterocycles. The molecule has 5 heterocycles. The smallest absolute Gasteiger partial charge is 0.260 e. The second kappa shape index (κ2) is 10.2. The van der Waals surface area contributed by atoms with Gasteiger partial charge in [-0.25, -0.2) is 4.98 Å². The first kappa shape index (κ1) is 24.5. The summed E-state index contributed by atoms with van der Waals surface area (Å²) >= 11 is 1.60. The van der Waals surface area contributed by atoms with Crippen molar-refractivity contribution in [1.82, 2.24) is 19.4 Å². The largest absolute Gasteiger partial charge is 0.369 e. The Bertz CT molecular complexity index is 1610. The monoisotopic (exact) mass is 525 g/mol. The van der Waals surface area contributed by atoms with Crippen LogP contribution in [0, 0.1) is 0 Å². The number of anilines is 3. The second-order valence-corrected chi connectivity index (χ2v) is 10.9. The summed E-state index contributed by atoms with van der Waals surface area (Å²) < 4.78 is 1.73. The van der Waals surface area contributed by atoms with Crippen molar-refractivity contribution in [2.24, 2.45) is 4.99 Å². The Morgan fingerprint density at radius 2 is 1.79 bits per heavy atom. The van der Waals surface area contributed by atoms with E-state index in [0.717, 1.165) is 64.8 Å². The van der Waals surface area contributed by atoms with Gasteiger partial charge in [-0.2, -0.15) is 4.98 Å². The number of nitrogens with zero attached hydrogens (tertiary/aromatic N) is 6. The number of pyridine rings is 1. The Morgan fingerprint density at radius 1 is 1.03 bits per heavy atom. The van der Waals surface area contributed by atoms with Crippen molar-refractivity contribution in [3.8, 4) is 10.4 Å². The zero-order valence-electron chi connectivity index (χ0n) is 21.9. The van der Waals surface area contributed by atoms with Crippen LogP contribution in [0.2, 0.25) is 0 Å². The highest BCUT2D eigenvalue weighted by Gasteiger charge is 2.17. The maximum atomic E-state index is 13.5. The molecule has 2 aliphatic rings. The number of allylic oxidation sites excluding steroid dienone is 1. The minimum Gasteiger partial charge on any atom is -0.369 e. The molecule has 0 bridgehead atoms. The highest BCUT2D eigenvalue weighted by Crippen LogP contribution is 2.34. The molecule has 0 saturated carbocycles. The Balaban J connectivity index is 1.26. The van der Waals surface area contributed by atoms with Crippen molar-refractivity contribution in [1.29, 1.82) is 0 Å². The molecule has 0 aliphatic carbocycles. The molecular formula is C29H31N7OS. The van der Waals surface area contributed by atoms with Gasteiger partial charge in [-0.1, -0.05) is 6.08 Å². The molecule has 6 rings (SSSR count). The average molecular weight is 526 g/mol. The third-order valence-electron chi connectivity index (χ3n) is 7.16. The summed E-state index contributed by atoms with van der Waals surface area (Å²) in [5.74, 6) is 0.471. The molecule has 9 heteroatoms. The van der Waals surface area contributed by atoms with Crippen molar-refractivity contribution in [3.63, 3.8) is 0 Å². The van der Waals surface area contributed by atoms with Gasteiger partial charge in [0, 0.05) is 72.7 Å². The molecular weight excluding hydrogens is 494 g/mol. The number of aliphatic imine (C=N–C) groups is 1. The molecule has 0 amide bonds. The van der Waals surface area contributed by atoms with E-state index in [1.54, 1.807) is 22.1 Å². The molecule has 2 aliphatic heterocycles. The van der Waals surface area contributed by atoms with Gasteiger partial charge in [-0.15, -0.1) is 11.3 Å². The van der Waals surface area contributed by atoms with Crippen molar-refractivity contribution < 1.29 is 0 Å². The Morgan fingerprint density at radius 3 is 2.50 bits per heavy atom. The fraction of sp³-hybridized carbons (Fsp3) is 0.310. The van der Waals surface area contributed by atoms with Crippen LogP contribution >= 0.6 is 11.3 Å². The van der Waals surface area contributed by atoms with Crippen LogP contribution in [0.4, 0.5) is 17.3 Å². The van der Waals surface area contributed by atoms with Gasteiger partial charge in [0.1, 0.15) is 5.65 Å². The first-order valence-electron chi connectivity index (χ1n) is 13.0. The van der Waals surface area contributed by atoms with E-state index in [9.17, 15) is 4.79 Å². The molecule has 0 spiro atoms. The fourth-order valence-electron chi connectivity index (χ4n) is 4.96. The molecule has 1 aromatic carbocycles. The highest BCUT2D eigenvalue weighted by atomic mass is 32.1. The van der Waals surface area contributed by atoms with Crippen molar-refractivity contribution in [2.45, 2.75) is 26.8 Å². The third kappa shape index (κ3) is 4.75. The maximum Gasteiger partial charge on any atom is 0.260 e. The van der Waals surface area contributed by atoms with E-state index < -0.39 is 0 Å². The average Bonchev–Trinajstić information content (AvgIpc) is 3.59. The second-order valence-electron chi connectivity index (χ2n) is 9.85. The van der Waals surface area contributed by atoms with Gasteiger partial charge in [-0.05, 0) is 63.4 Å². The zero-order chi connectivity index (χ0) is 26.2. The van der Waals surface area contributed by atoms with E-state index in [4.69, 9.17) is 4.98 Å². The maximum absolute atomic E-state index is 13.5. The summed E-state index contributed by atoms with van der Waals surface area (Å²) in [6.45, 7) is 8.74. The van der Waals surface area contributed by atoms with Crippen molar-refractivity contribution in [2.75, 3.05) is 43.4 Å². The van der Waals surface area contributed by atoms with Crippen LogP contribution in [0.1, 0.15) is 25.1 Å². The zero-order valence-corrected chi connectivity index (χ0v) is 22.8. The first-order valence-corrected chi connectivity index (χ1v) is 13.9. The van der Waals surface area contributed by atoms with Crippen molar-refractivity contribution in [3.05, 3.63) is 70.0 Å². The van der Waals surface area contributed by atoms with Crippen LogP contribution in [0.3, 0.4) is 0 Å². The summed E-state index contributed by atoms with van der Waals surface area (Å²) in [7, 11) is 2.16. The summed E-state index contributed by atoms with van der Waals surface area (Å²) in [4.78, 5) is 34.2. The number of aryl methyl sites for hydroxylation is 1. The molecule has 1 N–H and O–H groups in total. The molecule has 8 nitrogen and oxygen atoms in total. The van der Waals surface area contributed by atoms with Gasteiger partial charge in [0.2, 0.25) is 5.95 Å². The molecule has 1 fully saturated rings. The van der Waals surface area contributed by atoms with Crippen LogP contribution in [0.15, 0.2) is 64.5 Å². The lowest BCUT2D eigenvalue weighted by Crippen LogP contribution is -2.44. The lowest BCUT2D eigenvalue weighted by atomic mass is 10.2. The Kier molecular flexibility index (Phi) is 6.55. The lowest BCUT2D eigenvalue weighted by Gasteiger charge is -2.34. The van der Waals surface area contributed by atoms with Crippen LogP contribution in [0.25, 0.3) is 27.2 Å². The number of fused-ring (bicyclic) bond motifs is 1. The number of benzene rings is 1. The normalized spacial score (nSPS) is 16.1. The van der Waals surface area contributed by atoms with Gasteiger partial charge >= 0.3 is 0 Å². The van der Waals surface area contributed by atoms with E-state index in [-0.39, 0.29) is 5.56 Å². The van der Waals surface area contributed by atoms with Gasteiger partial charge in [0.15, 0.2) is 0 Å². The fourth-order valence-corrected chi connectivity index (χ4v) is 5.95. The number of likely N-dealkylation sites (N-methyl/N-ethyl adjacent to an activating group) is 1. The summed E-state index contributed by atoms with van der Waals surface area (Å²) in [6, 6.07) is 14.3. The highest BCUT2D eigenvalue weighted by molar-refractivity contribution is 7.16. The topological polar surface area (TPSA) is 78.7 Å². The van der Waals surface area contributed by atoms with Gasteiger partial charge in [-0.3, -0.25) is 14.4 Å². The quantitative estimate of drug-likeness (QED) is 0.371. The van der Waals surface area contributed by atoms with Gasteiger partial charge in [0.25, 0.3) is 5.56 Å². The first-order chi connectivity index (χ1) is 18.5. The summed E-state index contributed by atoms with van der Waals surface area (Å²) in [5.41, 5.74) is 5.48. The molecule has 0 atom stereocenters. The minimum absolute atomic E-state index is 0.0466. The van der Waals surface area contributed by atoms with E-state index in [0.29, 0.717) is 23.7 Å². The van der Waals surface area contributed by atoms with E-state index >= 15 is 0 Å². The number of piperazine rings is 1. The molecule has 0 radical (unpaired) electrons. The number of rotatable bonds is 6. The SMILES string of the molecule is CCn1c(=O)c(-c2ccc(C3=CCC(C)=N3)s2)cc2cnc(Nc3ccc(N4CCN(C)CC4)cc3)nc21. The summed E-state index contributed by atoms with van der Waals surface area (Å²) in [5, 5.41) is 4.14. The number of hydrogen-bond donors (Lipinski definition) is 1. The molecule has 4 aromatic rings. The molecule has 0 unspecified atom stereocenters. The van der Waals surface area contributed by atoms with E-state index in [1.807, 2.05) is 32.0 Å². The summed E-state index contributed by atoms with van der Waals surface area (Å²) in [6.07, 6.45) is 4.81. The van der Waals surface area contributed by atoms with E-state index in [2.05, 4.69) is 62.5 Å². The van der Waals surface area contributed by atoms with Crippen LogP contribution in [-0.4, -0.2) is 58.4 Å². The predicted octanol–water partition coefficient (Wildman–Crippen LogP) is 5.24.